The summed E-state index contributed by atoms with van der Waals surface area (Å²) in [5, 5.41) is 1.13. The minimum atomic E-state index is 0.200. The summed E-state index contributed by atoms with van der Waals surface area (Å²) < 4.78 is 5.59. The Morgan fingerprint density at radius 2 is 2.18 bits per heavy atom. The summed E-state index contributed by atoms with van der Waals surface area (Å²) in [6, 6.07) is 0. The van der Waals surface area contributed by atoms with Crippen molar-refractivity contribution < 1.29 is 4.74 Å². The van der Waals surface area contributed by atoms with E-state index in [4.69, 9.17) is 15.5 Å². The van der Waals surface area contributed by atoms with E-state index in [2.05, 4.69) is 13.8 Å². The summed E-state index contributed by atoms with van der Waals surface area (Å²) in [5.74, 6) is 1.31. The monoisotopic (exact) mass is 254 g/mol. The summed E-state index contributed by atoms with van der Waals surface area (Å²) in [4.78, 5) is 6.00. The van der Waals surface area contributed by atoms with Gasteiger partial charge in [-0.3, -0.25) is 0 Å². The Bertz CT molecular complexity index is 371. The van der Waals surface area contributed by atoms with Crippen molar-refractivity contribution in [2.24, 2.45) is 17.6 Å². The first-order valence-corrected chi connectivity index (χ1v) is 7.18. The van der Waals surface area contributed by atoms with Crippen LogP contribution in [-0.4, -0.2) is 12.1 Å². The molecule has 1 saturated carbocycles. The van der Waals surface area contributed by atoms with Crippen LogP contribution in [0.3, 0.4) is 0 Å². The van der Waals surface area contributed by atoms with Gasteiger partial charge in [-0.15, -0.1) is 11.3 Å². The van der Waals surface area contributed by atoms with Gasteiger partial charge in [0.15, 0.2) is 0 Å². The van der Waals surface area contributed by atoms with Gasteiger partial charge >= 0.3 is 0 Å². The van der Waals surface area contributed by atoms with E-state index in [1.165, 1.54) is 23.4 Å². The number of methoxy groups -OCH3 is 1. The Hall–Kier alpha value is -0.450. The average molecular weight is 254 g/mol. The third-order valence-electron chi connectivity index (χ3n) is 3.13. The lowest BCUT2D eigenvalue weighted by molar-refractivity contribution is 0.0842. The lowest BCUT2D eigenvalue weighted by Crippen LogP contribution is -2.04. The Morgan fingerprint density at radius 1 is 1.47 bits per heavy atom. The Morgan fingerprint density at radius 3 is 2.65 bits per heavy atom. The third-order valence-corrected chi connectivity index (χ3v) is 4.31. The molecule has 1 aliphatic rings. The minimum Gasteiger partial charge on any atom is -0.374 e. The van der Waals surface area contributed by atoms with Crippen molar-refractivity contribution in [3.63, 3.8) is 0 Å². The maximum Gasteiger partial charge on any atom is 0.122 e. The number of hydrogen-bond donors (Lipinski definition) is 1. The van der Waals surface area contributed by atoms with Crippen LogP contribution in [0.25, 0.3) is 0 Å². The summed E-state index contributed by atoms with van der Waals surface area (Å²) in [6.45, 7) is 5.03. The fourth-order valence-electron chi connectivity index (χ4n) is 2.12. The second-order valence-electron chi connectivity index (χ2n) is 5.22. The standard InChI is InChI=1S/C13H22N2OS/c1-8(2)6-10-11(7-14)17-13(15-10)12(16-3)9-4-5-9/h8-9,12H,4-7,14H2,1-3H3. The smallest absolute Gasteiger partial charge is 0.122 e. The first-order valence-electron chi connectivity index (χ1n) is 6.37. The highest BCUT2D eigenvalue weighted by molar-refractivity contribution is 7.11. The molecule has 1 aromatic rings. The molecule has 1 aromatic heterocycles. The van der Waals surface area contributed by atoms with Crippen LogP contribution in [-0.2, 0) is 17.7 Å². The molecule has 0 amide bonds. The lowest BCUT2D eigenvalue weighted by atomic mass is 10.1. The van der Waals surface area contributed by atoms with Crippen LogP contribution >= 0.6 is 11.3 Å². The minimum absolute atomic E-state index is 0.200. The van der Waals surface area contributed by atoms with Gasteiger partial charge in [-0.05, 0) is 31.1 Å². The molecule has 0 aliphatic heterocycles. The fourth-order valence-corrected chi connectivity index (χ4v) is 3.27. The van der Waals surface area contributed by atoms with Crippen molar-refractivity contribution in [2.45, 2.75) is 45.8 Å². The molecule has 1 heterocycles. The van der Waals surface area contributed by atoms with E-state index in [-0.39, 0.29) is 6.10 Å². The maximum atomic E-state index is 5.80. The second kappa shape index (κ2) is 5.46. The van der Waals surface area contributed by atoms with Gasteiger partial charge in [0.05, 0.1) is 5.69 Å². The van der Waals surface area contributed by atoms with Gasteiger partial charge in [0, 0.05) is 18.5 Å². The highest BCUT2D eigenvalue weighted by atomic mass is 32.1. The van der Waals surface area contributed by atoms with Crippen molar-refractivity contribution in [1.82, 2.24) is 4.98 Å². The molecule has 1 fully saturated rings. The molecular formula is C13H22N2OS. The van der Waals surface area contributed by atoms with E-state index in [0.29, 0.717) is 18.4 Å². The fraction of sp³-hybridized carbons (Fsp3) is 0.769. The molecule has 0 radical (unpaired) electrons. The highest BCUT2D eigenvalue weighted by Gasteiger charge is 2.34. The van der Waals surface area contributed by atoms with Gasteiger partial charge in [0.25, 0.3) is 0 Å². The summed E-state index contributed by atoms with van der Waals surface area (Å²) in [7, 11) is 1.79. The predicted octanol–water partition coefficient (Wildman–Crippen LogP) is 2.90. The van der Waals surface area contributed by atoms with Crippen molar-refractivity contribution in [3.8, 4) is 0 Å². The van der Waals surface area contributed by atoms with Gasteiger partial charge in [-0.1, -0.05) is 13.8 Å². The molecule has 1 unspecified atom stereocenters. The highest BCUT2D eigenvalue weighted by Crippen LogP contribution is 2.44. The maximum absolute atomic E-state index is 5.80. The molecule has 3 nitrogen and oxygen atoms in total. The number of nitrogens with two attached hydrogens (primary N) is 1. The number of hydrogen-bond acceptors (Lipinski definition) is 4. The van der Waals surface area contributed by atoms with E-state index in [0.717, 1.165) is 11.4 Å². The number of aromatic nitrogens is 1. The largest absolute Gasteiger partial charge is 0.374 e. The summed E-state index contributed by atoms with van der Waals surface area (Å²) in [6.07, 6.45) is 3.76. The summed E-state index contributed by atoms with van der Waals surface area (Å²) in [5.41, 5.74) is 6.99. The van der Waals surface area contributed by atoms with Crippen molar-refractivity contribution in [2.75, 3.05) is 7.11 Å². The lowest BCUT2D eigenvalue weighted by Gasteiger charge is -2.10. The normalized spacial score (nSPS) is 17.7. The van der Waals surface area contributed by atoms with E-state index in [9.17, 15) is 0 Å². The van der Waals surface area contributed by atoms with Crippen LogP contribution in [0.2, 0.25) is 0 Å². The van der Waals surface area contributed by atoms with Gasteiger partial charge in [-0.2, -0.15) is 0 Å². The van der Waals surface area contributed by atoms with Crippen LogP contribution in [0.4, 0.5) is 0 Å². The molecular weight excluding hydrogens is 232 g/mol. The zero-order valence-corrected chi connectivity index (χ0v) is 11.7. The first-order chi connectivity index (χ1) is 8.15. The van der Waals surface area contributed by atoms with Crippen molar-refractivity contribution >= 4 is 11.3 Å². The Kier molecular flexibility index (Phi) is 4.17. The molecule has 0 aromatic carbocycles. The molecule has 4 heteroatoms. The van der Waals surface area contributed by atoms with Crippen LogP contribution in [0.1, 0.15) is 48.4 Å². The Labute approximate surface area is 107 Å². The molecule has 96 valence electrons. The molecule has 1 aliphatic carbocycles. The molecule has 17 heavy (non-hydrogen) atoms. The van der Waals surface area contributed by atoms with Crippen LogP contribution in [0.5, 0.6) is 0 Å². The van der Waals surface area contributed by atoms with E-state index in [1.807, 2.05) is 0 Å². The number of nitrogens with zero attached hydrogens (tertiary/aromatic N) is 1. The number of ether oxygens (including phenoxy) is 1. The van der Waals surface area contributed by atoms with Gasteiger partial charge in [0.2, 0.25) is 0 Å². The SMILES string of the molecule is COC(c1nc(CC(C)C)c(CN)s1)C1CC1. The topological polar surface area (TPSA) is 48.1 Å². The van der Waals surface area contributed by atoms with E-state index < -0.39 is 0 Å². The Balaban J connectivity index is 2.19. The quantitative estimate of drug-likeness (QED) is 0.849. The zero-order chi connectivity index (χ0) is 12.4. The van der Waals surface area contributed by atoms with E-state index in [1.54, 1.807) is 18.4 Å². The number of rotatable bonds is 6. The van der Waals surface area contributed by atoms with Crippen LogP contribution in [0.15, 0.2) is 0 Å². The van der Waals surface area contributed by atoms with Crippen molar-refractivity contribution in [1.29, 1.82) is 0 Å². The average Bonchev–Trinajstić information content (AvgIpc) is 3.02. The van der Waals surface area contributed by atoms with Crippen molar-refractivity contribution in [3.05, 3.63) is 15.6 Å². The zero-order valence-electron chi connectivity index (χ0n) is 10.9. The molecule has 0 bridgehead atoms. The third kappa shape index (κ3) is 3.06. The molecule has 2 rings (SSSR count). The first kappa shape index (κ1) is 13.0. The van der Waals surface area contributed by atoms with Gasteiger partial charge in [0.1, 0.15) is 11.1 Å². The molecule has 0 saturated heterocycles. The van der Waals surface area contributed by atoms with E-state index >= 15 is 0 Å². The molecule has 2 N–H and O–H groups in total. The van der Waals surface area contributed by atoms with Crippen LogP contribution in [0, 0.1) is 11.8 Å². The predicted molar refractivity (Wildman–Crippen MR) is 71.0 cm³/mol. The molecule has 1 atom stereocenters. The summed E-state index contributed by atoms with van der Waals surface area (Å²) >= 11 is 1.74. The second-order valence-corrected chi connectivity index (χ2v) is 6.33. The van der Waals surface area contributed by atoms with Crippen LogP contribution < -0.4 is 5.73 Å². The van der Waals surface area contributed by atoms with Gasteiger partial charge < -0.3 is 10.5 Å². The number of thiazole rings is 1. The molecule has 0 spiro atoms. The van der Waals surface area contributed by atoms with Gasteiger partial charge in [-0.25, -0.2) is 4.98 Å².